The highest BCUT2D eigenvalue weighted by Gasteiger charge is 2.16. The van der Waals surface area contributed by atoms with Crippen LogP contribution in [0, 0.1) is 5.82 Å². The van der Waals surface area contributed by atoms with Crippen LogP contribution in [-0.2, 0) is 10.0 Å². The highest BCUT2D eigenvalue weighted by atomic mass is 32.2. The maximum Gasteiger partial charge on any atom is 0.271 e. The van der Waals surface area contributed by atoms with Crippen LogP contribution >= 0.6 is 0 Å². The van der Waals surface area contributed by atoms with Crippen molar-refractivity contribution in [2.45, 2.75) is 11.8 Å². The fourth-order valence-corrected chi connectivity index (χ4v) is 3.74. The Morgan fingerprint density at radius 2 is 1.65 bits per heavy atom. The molecule has 0 aromatic heterocycles. The van der Waals surface area contributed by atoms with E-state index < -0.39 is 15.9 Å². The maximum atomic E-state index is 13.0. The van der Waals surface area contributed by atoms with Gasteiger partial charge < -0.3 is 4.74 Å². The quantitative estimate of drug-likeness (QED) is 0.431. The summed E-state index contributed by atoms with van der Waals surface area (Å²) in [5.41, 5.74) is 3.97. The topological polar surface area (TPSA) is 96.9 Å². The van der Waals surface area contributed by atoms with Gasteiger partial charge in [-0.15, -0.1) is 0 Å². The molecule has 0 aliphatic rings. The summed E-state index contributed by atoms with van der Waals surface area (Å²) in [6.07, 6.45) is 0. The summed E-state index contributed by atoms with van der Waals surface area (Å²) in [6, 6.07) is 17.6. The lowest BCUT2D eigenvalue weighted by Gasteiger charge is -2.10. The third kappa shape index (κ3) is 5.67. The van der Waals surface area contributed by atoms with E-state index in [0.717, 1.165) is 0 Å². The van der Waals surface area contributed by atoms with Gasteiger partial charge in [0.05, 0.1) is 17.7 Å². The number of benzene rings is 3. The zero-order valence-corrected chi connectivity index (χ0v) is 17.6. The molecule has 2 N–H and O–H groups in total. The largest absolute Gasteiger partial charge is 0.497 e. The molecule has 0 bridgehead atoms. The van der Waals surface area contributed by atoms with Crippen molar-refractivity contribution in [1.29, 1.82) is 0 Å². The number of methoxy groups -OCH3 is 1. The lowest BCUT2D eigenvalue weighted by Crippen LogP contribution is -2.20. The number of hydrogen-bond acceptors (Lipinski definition) is 5. The van der Waals surface area contributed by atoms with Crippen LogP contribution in [0.1, 0.15) is 22.8 Å². The molecule has 3 aromatic carbocycles. The minimum absolute atomic E-state index is 0.0739. The molecular weight excluding hydrogens is 421 g/mol. The molecule has 1 amide bonds. The number of nitrogens with one attached hydrogen (secondary N) is 2. The minimum atomic E-state index is -3.91. The lowest BCUT2D eigenvalue weighted by atomic mass is 10.1. The van der Waals surface area contributed by atoms with Gasteiger partial charge >= 0.3 is 0 Å². The molecule has 0 heterocycles. The van der Waals surface area contributed by atoms with Crippen LogP contribution in [0.3, 0.4) is 0 Å². The molecule has 9 heteroatoms. The molecule has 0 aliphatic heterocycles. The second-order valence-electron chi connectivity index (χ2n) is 6.51. The van der Waals surface area contributed by atoms with Crippen molar-refractivity contribution in [3.63, 3.8) is 0 Å². The highest BCUT2D eigenvalue weighted by Crippen LogP contribution is 2.20. The van der Waals surface area contributed by atoms with Gasteiger partial charge in [0.15, 0.2) is 0 Å². The summed E-state index contributed by atoms with van der Waals surface area (Å²) in [5.74, 6) is -0.358. The zero-order chi connectivity index (χ0) is 22.4. The van der Waals surface area contributed by atoms with Crippen molar-refractivity contribution in [2.24, 2.45) is 5.10 Å². The van der Waals surface area contributed by atoms with Crippen molar-refractivity contribution < 1.29 is 22.3 Å². The van der Waals surface area contributed by atoms with Crippen molar-refractivity contribution in [2.75, 3.05) is 11.8 Å². The lowest BCUT2D eigenvalue weighted by molar-refractivity contribution is 0.0954. The van der Waals surface area contributed by atoms with E-state index in [1.807, 2.05) is 0 Å². The van der Waals surface area contributed by atoms with Gasteiger partial charge in [0, 0.05) is 11.3 Å². The number of carbonyl (C=O) groups excluding carboxylic acids is 1. The van der Waals surface area contributed by atoms with E-state index in [0.29, 0.717) is 22.7 Å². The number of sulfonamides is 1. The number of nitrogens with zero attached hydrogens (tertiary/aromatic N) is 1. The molecule has 0 unspecified atom stereocenters. The van der Waals surface area contributed by atoms with Crippen molar-refractivity contribution in [3.8, 4) is 5.75 Å². The Hall–Kier alpha value is -3.72. The fraction of sp³-hybridized carbons (Fsp3) is 0.0909. The van der Waals surface area contributed by atoms with Crippen LogP contribution < -0.4 is 14.9 Å². The predicted molar refractivity (Wildman–Crippen MR) is 116 cm³/mol. The predicted octanol–water partition coefficient (Wildman–Crippen LogP) is 3.79. The van der Waals surface area contributed by atoms with E-state index in [9.17, 15) is 17.6 Å². The van der Waals surface area contributed by atoms with Crippen LogP contribution in [0.5, 0.6) is 5.75 Å². The molecule has 0 spiro atoms. The van der Waals surface area contributed by atoms with E-state index in [1.165, 1.54) is 43.5 Å². The van der Waals surface area contributed by atoms with Crippen LogP contribution in [0.25, 0.3) is 0 Å². The summed E-state index contributed by atoms with van der Waals surface area (Å²) < 4.78 is 45.9. The Bertz CT molecular complexity index is 1210. The average molecular weight is 441 g/mol. The summed E-state index contributed by atoms with van der Waals surface area (Å²) in [6.45, 7) is 1.66. The van der Waals surface area contributed by atoms with E-state index in [2.05, 4.69) is 15.2 Å². The van der Waals surface area contributed by atoms with Crippen LogP contribution in [0.4, 0.5) is 10.1 Å². The molecule has 0 saturated carbocycles. The first kappa shape index (κ1) is 22.0. The molecular formula is C22H20FN3O4S. The third-order valence-corrected chi connectivity index (χ3v) is 5.71. The Kier molecular flexibility index (Phi) is 6.66. The molecule has 0 fully saturated rings. The van der Waals surface area contributed by atoms with Gasteiger partial charge in [0.25, 0.3) is 15.9 Å². The van der Waals surface area contributed by atoms with Crippen LogP contribution in [0.15, 0.2) is 82.8 Å². The number of carbonyl (C=O) groups is 1. The Morgan fingerprint density at radius 3 is 2.29 bits per heavy atom. The summed E-state index contributed by atoms with van der Waals surface area (Å²) >= 11 is 0. The first-order valence-electron chi connectivity index (χ1n) is 9.16. The van der Waals surface area contributed by atoms with Gasteiger partial charge in [-0.25, -0.2) is 18.2 Å². The van der Waals surface area contributed by atoms with Gasteiger partial charge in [-0.3, -0.25) is 9.52 Å². The smallest absolute Gasteiger partial charge is 0.271 e. The van der Waals surface area contributed by atoms with Crippen LogP contribution in [0.2, 0.25) is 0 Å². The molecule has 3 aromatic rings. The standard InChI is InChI=1S/C22H20FN3O4S/c1-15(16-6-8-18(23)9-7-16)24-25-22(27)17-4-3-5-21(14-17)31(28,29)26-19-10-12-20(30-2)13-11-19/h3-14,26H,1-2H3,(H,25,27)/b24-15-. The van der Waals surface area contributed by atoms with Gasteiger partial charge in [-0.2, -0.15) is 5.10 Å². The van der Waals surface area contributed by atoms with E-state index in [4.69, 9.17) is 4.74 Å². The van der Waals surface area contributed by atoms with Gasteiger partial charge in [-0.1, -0.05) is 18.2 Å². The molecule has 160 valence electrons. The summed E-state index contributed by atoms with van der Waals surface area (Å²) in [4.78, 5) is 12.4. The molecule has 0 atom stereocenters. The third-order valence-electron chi connectivity index (χ3n) is 4.34. The second-order valence-corrected chi connectivity index (χ2v) is 8.19. The normalized spacial score (nSPS) is 11.6. The summed E-state index contributed by atoms with van der Waals surface area (Å²) in [7, 11) is -2.39. The molecule has 0 aliphatic carbocycles. The highest BCUT2D eigenvalue weighted by molar-refractivity contribution is 7.92. The zero-order valence-electron chi connectivity index (χ0n) is 16.8. The van der Waals surface area contributed by atoms with Crippen molar-refractivity contribution >= 4 is 27.3 Å². The van der Waals surface area contributed by atoms with Gasteiger partial charge in [-0.05, 0) is 67.1 Å². The molecule has 0 saturated heterocycles. The molecule has 3 rings (SSSR count). The number of hydrazone groups is 1. The number of amides is 1. The number of hydrogen-bond donors (Lipinski definition) is 2. The Labute approximate surface area is 179 Å². The molecule has 0 radical (unpaired) electrons. The van der Waals surface area contributed by atoms with Crippen LogP contribution in [-0.4, -0.2) is 27.1 Å². The number of rotatable bonds is 7. The Morgan fingerprint density at radius 1 is 0.968 bits per heavy atom. The van der Waals surface area contributed by atoms with Crippen molar-refractivity contribution in [1.82, 2.24) is 5.43 Å². The average Bonchev–Trinajstić information content (AvgIpc) is 2.78. The second kappa shape index (κ2) is 9.40. The number of ether oxygens (including phenoxy) is 1. The maximum absolute atomic E-state index is 13.0. The van der Waals surface area contributed by atoms with E-state index in [1.54, 1.807) is 43.3 Å². The first-order chi connectivity index (χ1) is 14.8. The van der Waals surface area contributed by atoms with E-state index >= 15 is 0 Å². The molecule has 31 heavy (non-hydrogen) atoms. The molecule has 7 nitrogen and oxygen atoms in total. The Balaban J connectivity index is 1.74. The van der Waals surface area contributed by atoms with Gasteiger partial charge in [0.1, 0.15) is 11.6 Å². The SMILES string of the molecule is COc1ccc(NS(=O)(=O)c2cccc(C(=O)N/N=C(/C)c3ccc(F)cc3)c2)cc1. The fourth-order valence-electron chi connectivity index (χ4n) is 2.63. The van der Waals surface area contributed by atoms with Crippen molar-refractivity contribution in [3.05, 3.63) is 89.7 Å². The van der Waals surface area contributed by atoms with Gasteiger partial charge in [0.2, 0.25) is 0 Å². The summed E-state index contributed by atoms with van der Waals surface area (Å²) in [5, 5.41) is 3.99. The first-order valence-corrected chi connectivity index (χ1v) is 10.6. The van der Waals surface area contributed by atoms with E-state index in [-0.39, 0.29) is 16.3 Å². The minimum Gasteiger partial charge on any atom is -0.497 e. The monoisotopic (exact) mass is 441 g/mol. The number of halogens is 1. The number of anilines is 1.